The van der Waals surface area contributed by atoms with Crippen molar-refractivity contribution in [3.8, 4) is 0 Å². The number of benzene rings is 1. The molecule has 4 nitrogen and oxygen atoms in total. The lowest BCUT2D eigenvalue weighted by atomic mass is 10.2. The molecular formula is C15H12BrN3OS. The number of nitrogens with zero attached hydrogens (tertiary/aromatic N) is 1. The highest BCUT2D eigenvalue weighted by molar-refractivity contribution is 9.10. The molecule has 2 heterocycles. The van der Waals surface area contributed by atoms with Crippen LogP contribution in [0.15, 0.2) is 41.0 Å². The number of hydrogen-bond donors (Lipinski definition) is 2. The van der Waals surface area contributed by atoms with Crippen LogP contribution in [0, 0.1) is 6.92 Å². The van der Waals surface area contributed by atoms with E-state index in [-0.39, 0.29) is 5.91 Å². The molecule has 106 valence electrons. The SMILES string of the molecule is Cc1c(Br)cccc1NC(=O)c1sc2cccnc2c1N. The molecule has 0 radical (unpaired) electrons. The van der Waals surface area contributed by atoms with Crippen LogP contribution in [-0.4, -0.2) is 10.9 Å². The zero-order valence-corrected chi connectivity index (χ0v) is 13.6. The highest BCUT2D eigenvalue weighted by Gasteiger charge is 2.17. The first-order valence-corrected chi connectivity index (χ1v) is 7.88. The van der Waals surface area contributed by atoms with E-state index in [9.17, 15) is 4.79 Å². The maximum absolute atomic E-state index is 12.4. The molecule has 0 saturated carbocycles. The molecule has 2 aromatic heterocycles. The van der Waals surface area contributed by atoms with Crippen molar-refractivity contribution in [3.63, 3.8) is 0 Å². The summed E-state index contributed by atoms with van der Waals surface area (Å²) >= 11 is 4.80. The third-order valence-electron chi connectivity index (χ3n) is 3.20. The van der Waals surface area contributed by atoms with Gasteiger partial charge in [0, 0.05) is 16.4 Å². The van der Waals surface area contributed by atoms with Gasteiger partial charge in [-0.3, -0.25) is 9.78 Å². The van der Waals surface area contributed by atoms with Crippen molar-refractivity contribution in [1.82, 2.24) is 4.98 Å². The summed E-state index contributed by atoms with van der Waals surface area (Å²) < 4.78 is 1.86. The van der Waals surface area contributed by atoms with E-state index in [4.69, 9.17) is 5.73 Å². The molecule has 0 aliphatic heterocycles. The largest absolute Gasteiger partial charge is 0.396 e. The van der Waals surface area contributed by atoms with Crippen molar-refractivity contribution in [2.24, 2.45) is 0 Å². The number of pyridine rings is 1. The number of nitrogen functional groups attached to an aromatic ring is 1. The van der Waals surface area contributed by atoms with E-state index in [1.54, 1.807) is 6.20 Å². The molecule has 0 atom stereocenters. The molecule has 0 saturated heterocycles. The number of nitrogens with one attached hydrogen (secondary N) is 1. The van der Waals surface area contributed by atoms with Crippen LogP contribution in [0.3, 0.4) is 0 Å². The number of nitrogens with two attached hydrogens (primary N) is 1. The highest BCUT2D eigenvalue weighted by Crippen LogP contribution is 2.33. The molecule has 6 heteroatoms. The lowest BCUT2D eigenvalue weighted by Gasteiger charge is -2.09. The van der Waals surface area contributed by atoms with Gasteiger partial charge in [0.05, 0.1) is 10.4 Å². The molecule has 0 unspecified atom stereocenters. The fraction of sp³-hybridized carbons (Fsp3) is 0.0667. The van der Waals surface area contributed by atoms with E-state index < -0.39 is 0 Å². The third-order valence-corrected chi connectivity index (χ3v) is 5.22. The Balaban J connectivity index is 1.97. The Kier molecular flexibility index (Phi) is 3.65. The molecule has 0 aliphatic carbocycles. The topological polar surface area (TPSA) is 68.0 Å². The molecule has 0 bridgehead atoms. The first-order chi connectivity index (χ1) is 10.1. The maximum Gasteiger partial charge on any atom is 0.267 e. The number of carbonyl (C=O) groups is 1. The summed E-state index contributed by atoms with van der Waals surface area (Å²) in [6.45, 7) is 1.94. The third kappa shape index (κ3) is 2.52. The van der Waals surface area contributed by atoms with Crippen molar-refractivity contribution in [2.45, 2.75) is 6.92 Å². The summed E-state index contributed by atoms with van der Waals surface area (Å²) in [6, 6.07) is 9.41. The van der Waals surface area contributed by atoms with Gasteiger partial charge in [-0.1, -0.05) is 22.0 Å². The summed E-state index contributed by atoms with van der Waals surface area (Å²) in [5.41, 5.74) is 8.89. The van der Waals surface area contributed by atoms with Gasteiger partial charge in [0.15, 0.2) is 0 Å². The molecule has 3 rings (SSSR count). The van der Waals surface area contributed by atoms with Crippen LogP contribution >= 0.6 is 27.3 Å². The average molecular weight is 362 g/mol. The van der Waals surface area contributed by atoms with E-state index in [0.29, 0.717) is 16.1 Å². The first-order valence-electron chi connectivity index (χ1n) is 6.27. The van der Waals surface area contributed by atoms with Gasteiger partial charge in [-0.25, -0.2) is 0 Å². The second-order valence-electron chi connectivity index (χ2n) is 4.56. The Hall–Kier alpha value is -1.92. The van der Waals surface area contributed by atoms with Crippen molar-refractivity contribution in [2.75, 3.05) is 11.1 Å². The van der Waals surface area contributed by atoms with Crippen LogP contribution in [-0.2, 0) is 0 Å². The zero-order chi connectivity index (χ0) is 15.0. The van der Waals surface area contributed by atoms with Gasteiger partial charge in [-0.15, -0.1) is 11.3 Å². The number of halogens is 1. The number of fused-ring (bicyclic) bond motifs is 1. The Bertz CT molecular complexity index is 844. The van der Waals surface area contributed by atoms with Crippen molar-refractivity contribution in [3.05, 3.63) is 51.4 Å². The Labute approximate surface area is 134 Å². The minimum Gasteiger partial charge on any atom is -0.396 e. The van der Waals surface area contributed by atoms with E-state index in [1.807, 2.05) is 37.3 Å². The molecule has 3 N–H and O–H groups in total. The van der Waals surface area contributed by atoms with Gasteiger partial charge in [-0.05, 0) is 36.8 Å². The second-order valence-corrected chi connectivity index (χ2v) is 6.47. The Morgan fingerprint density at radius 3 is 2.90 bits per heavy atom. The van der Waals surface area contributed by atoms with Gasteiger partial charge >= 0.3 is 0 Å². The van der Waals surface area contributed by atoms with Gasteiger partial charge in [0.2, 0.25) is 0 Å². The number of rotatable bonds is 2. The van der Waals surface area contributed by atoms with Crippen LogP contribution in [0.2, 0.25) is 0 Å². The minimum atomic E-state index is -0.211. The van der Waals surface area contributed by atoms with E-state index in [1.165, 1.54) is 11.3 Å². The van der Waals surface area contributed by atoms with Crippen molar-refractivity contribution in [1.29, 1.82) is 0 Å². The van der Waals surface area contributed by atoms with E-state index in [0.717, 1.165) is 20.4 Å². The summed E-state index contributed by atoms with van der Waals surface area (Å²) in [7, 11) is 0. The molecule has 21 heavy (non-hydrogen) atoms. The standard InChI is InChI=1S/C15H12BrN3OS/c1-8-9(16)4-2-5-10(8)19-15(20)14-12(17)13-11(21-14)6-3-7-18-13/h2-7H,17H2,1H3,(H,19,20). The molecule has 0 spiro atoms. The molecule has 1 amide bonds. The van der Waals surface area contributed by atoms with Gasteiger partial charge in [0.25, 0.3) is 5.91 Å². The van der Waals surface area contributed by atoms with Crippen LogP contribution in [0.1, 0.15) is 15.2 Å². The predicted molar refractivity (Wildman–Crippen MR) is 90.9 cm³/mol. The smallest absolute Gasteiger partial charge is 0.267 e. The summed E-state index contributed by atoms with van der Waals surface area (Å²) in [6.07, 6.45) is 1.67. The molecule has 0 aliphatic rings. The fourth-order valence-corrected chi connectivity index (χ4v) is 3.38. The van der Waals surface area contributed by atoms with Gasteiger partial charge in [-0.2, -0.15) is 0 Å². The maximum atomic E-state index is 12.4. The molecular weight excluding hydrogens is 350 g/mol. The fourth-order valence-electron chi connectivity index (χ4n) is 2.04. The Morgan fingerprint density at radius 2 is 2.14 bits per heavy atom. The molecule has 3 aromatic rings. The van der Waals surface area contributed by atoms with Gasteiger partial charge < -0.3 is 11.1 Å². The predicted octanol–water partition coefficient (Wildman–Crippen LogP) is 4.20. The lowest BCUT2D eigenvalue weighted by molar-refractivity contribution is 0.103. The van der Waals surface area contributed by atoms with Gasteiger partial charge in [0.1, 0.15) is 10.4 Å². The number of hydrogen-bond acceptors (Lipinski definition) is 4. The number of anilines is 2. The van der Waals surface area contributed by atoms with Crippen LogP contribution in [0.4, 0.5) is 11.4 Å². The van der Waals surface area contributed by atoms with E-state index >= 15 is 0 Å². The number of thiophene rings is 1. The number of aromatic nitrogens is 1. The van der Waals surface area contributed by atoms with Crippen molar-refractivity contribution < 1.29 is 4.79 Å². The second kappa shape index (κ2) is 5.46. The van der Waals surface area contributed by atoms with Crippen LogP contribution in [0.5, 0.6) is 0 Å². The van der Waals surface area contributed by atoms with Crippen molar-refractivity contribution >= 4 is 54.8 Å². The zero-order valence-electron chi connectivity index (χ0n) is 11.2. The lowest BCUT2D eigenvalue weighted by Crippen LogP contribution is -2.13. The first kappa shape index (κ1) is 14.0. The number of amides is 1. The van der Waals surface area contributed by atoms with Crippen LogP contribution in [0.25, 0.3) is 10.2 Å². The monoisotopic (exact) mass is 361 g/mol. The summed E-state index contributed by atoms with van der Waals surface area (Å²) in [5, 5.41) is 2.90. The van der Waals surface area contributed by atoms with Crippen LogP contribution < -0.4 is 11.1 Å². The Morgan fingerprint density at radius 1 is 1.33 bits per heavy atom. The summed E-state index contributed by atoms with van der Waals surface area (Å²) in [5.74, 6) is -0.211. The normalized spacial score (nSPS) is 10.8. The average Bonchev–Trinajstić information content (AvgIpc) is 2.82. The minimum absolute atomic E-state index is 0.211. The van der Waals surface area contributed by atoms with E-state index in [2.05, 4.69) is 26.2 Å². The quantitative estimate of drug-likeness (QED) is 0.718. The molecule has 0 fully saturated rings. The highest BCUT2D eigenvalue weighted by atomic mass is 79.9. The number of carbonyl (C=O) groups excluding carboxylic acids is 1. The summed E-state index contributed by atoms with van der Waals surface area (Å²) in [4.78, 5) is 17.2. The molecule has 1 aromatic carbocycles.